The minimum atomic E-state index is -1.91. The molecule has 0 aromatic carbocycles. The molecule has 0 aromatic heterocycles. The van der Waals surface area contributed by atoms with E-state index in [0.29, 0.717) is 5.57 Å². The number of carbonyl (C=O) groups is 1. The van der Waals surface area contributed by atoms with E-state index in [-0.39, 0.29) is 5.78 Å². The molecule has 0 saturated carbocycles. The third-order valence-electron chi connectivity index (χ3n) is 1.12. The van der Waals surface area contributed by atoms with Gasteiger partial charge in [0.2, 0.25) is 0 Å². The van der Waals surface area contributed by atoms with Gasteiger partial charge in [0.25, 0.3) is 0 Å². The summed E-state index contributed by atoms with van der Waals surface area (Å²) >= 11 is 0. The smallest absolute Gasteiger partial charge is 0.402 e. The van der Waals surface area contributed by atoms with Crippen molar-refractivity contribution in [2.45, 2.75) is 20.0 Å². The molecule has 5 heteroatoms. The van der Waals surface area contributed by atoms with E-state index >= 15 is 0 Å². The molecule has 1 unspecified atom stereocenters. The zero-order chi connectivity index (χ0) is 9.02. The Morgan fingerprint density at radius 3 is 2.36 bits per heavy atom. The highest BCUT2D eigenvalue weighted by Gasteiger charge is 2.20. The summed E-state index contributed by atoms with van der Waals surface area (Å²) in [5.41, 5.74) is 0.332. The van der Waals surface area contributed by atoms with Crippen molar-refractivity contribution in [1.82, 2.24) is 0 Å². The Bertz CT molecular complexity index is 166. The molecule has 0 bridgehead atoms. The van der Waals surface area contributed by atoms with Gasteiger partial charge in [-0.05, 0) is 19.4 Å². The highest BCUT2D eigenvalue weighted by atomic mass is 16.6. The van der Waals surface area contributed by atoms with Gasteiger partial charge in [-0.15, -0.1) is 0 Å². The molecule has 0 aliphatic carbocycles. The Labute approximate surface area is 65.7 Å². The van der Waals surface area contributed by atoms with Gasteiger partial charge < -0.3 is 14.7 Å². The second-order valence-corrected chi connectivity index (χ2v) is 2.25. The Hall–Kier alpha value is -0.645. The molecule has 0 saturated heterocycles. The molecule has 0 rings (SSSR count). The minimum Gasteiger partial charge on any atom is -0.402 e. The summed E-state index contributed by atoms with van der Waals surface area (Å²) in [5.74, 6) is -0.335. The maximum Gasteiger partial charge on any atom is 0.634 e. The summed E-state index contributed by atoms with van der Waals surface area (Å²) in [5, 5.41) is 16.6. The molecule has 0 amide bonds. The third-order valence-corrected chi connectivity index (χ3v) is 1.12. The molecule has 0 aliphatic rings. The Kier molecular flexibility index (Phi) is 4.03. The monoisotopic (exact) mass is 158 g/mol. The van der Waals surface area contributed by atoms with E-state index in [4.69, 9.17) is 10.0 Å². The summed E-state index contributed by atoms with van der Waals surface area (Å²) in [6, 6.07) is 0. The van der Waals surface area contributed by atoms with Crippen LogP contribution in [-0.2, 0) is 9.45 Å². The van der Waals surface area contributed by atoms with Crippen LogP contribution in [0.3, 0.4) is 0 Å². The molecule has 0 radical (unpaired) electrons. The summed E-state index contributed by atoms with van der Waals surface area (Å²) in [7, 11) is -1.91. The molecule has 0 spiro atoms. The number of hydrogen-bond donors (Lipinski definition) is 2. The summed E-state index contributed by atoms with van der Waals surface area (Å²) in [6.45, 7) is 6.35. The average Bonchev–Trinajstić information content (AvgIpc) is 1.84. The van der Waals surface area contributed by atoms with E-state index in [0.717, 1.165) is 0 Å². The lowest BCUT2D eigenvalue weighted by molar-refractivity contribution is -0.122. The average molecular weight is 158 g/mol. The van der Waals surface area contributed by atoms with Gasteiger partial charge >= 0.3 is 7.32 Å². The second kappa shape index (κ2) is 4.28. The maximum atomic E-state index is 10.9. The van der Waals surface area contributed by atoms with Crippen LogP contribution in [0, 0.1) is 0 Å². The van der Waals surface area contributed by atoms with Gasteiger partial charge in [0, 0.05) is 0 Å². The van der Waals surface area contributed by atoms with Crippen LogP contribution in [0.1, 0.15) is 13.8 Å². The van der Waals surface area contributed by atoms with Crippen molar-refractivity contribution in [2.75, 3.05) is 0 Å². The molecule has 0 aliphatic heterocycles. The van der Waals surface area contributed by atoms with E-state index in [1.807, 2.05) is 0 Å². The van der Waals surface area contributed by atoms with Gasteiger partial charge in [0.15, 0.2) is 5.78 Å². The lowest BCUT2D eigenvalue weighted by atomic mass is 10.1. The second-order valence-electron chi connectivity index (χ2n) is 2.25. The molecule has 0 fully saturated rings. The lowest BCUT2D eigenvalue weighted by Gasteiger charge is -2.10. The zero-order valence-corrected chi connectivity index (χ0v) is 6.57. The molecule has 2 N–H and O–H groups in total. The van der Waals surface area contributed by atoms with Crippen LogP contribution < -0.4 is 0 Å². The van der Waals surface area contributed by atoms with E-state index in [1.165, 1.54) is 13.8 Å². The van der Waals surface area contributed by atoms with Gasteiger partial charge in [-0.1, -0.05) is 6.58 Å². The van der Waals surface area contributed by atoms with Gasteiger partial charge in [-0.25, -0.2) is 0 Å². The van der Waals surface area contributed by atoms with Gasteiger partial charge in [-0.2, -0.15) is 0 Å². The highest BCUT2D eigenvalue weighted by molar-refractivity contribution is 6.33. The summed E-state index contributed by atoms with van der Waals surface area (Å²) in [6.07, 6.45) is -0.854. The SMILES string of the molecule is C=C(C)C(=O)C(C)OB(O)O. The molecule has 1 atom stereocenters. The first-order chi connectivity index (χ1) is 4.95. The fourth-order valence-corrected chi connectivity index (χ4v) is 0.591. The van der Waals surface area contributed by atoms with Gasteiger partial charge in [0.05, 0.1) is 0 Å². The fourth-order valence-electron chi connectivity index (χ4n) is 0.591. The molecule has 4 nitrogen and oxygen atoms in total. The standard InChI is InChI=1S/C6H11BO4/c1-4(2)6(8)5(3)11-7(9)10/h5,9-10H,1H2,2-3H3. The number of Topliss-reactive ketones (excluding diaryl/α,β-unsaturated/α-hetero) is 1. The summed E-state index contributed by atoms with van der Waals surface area (Å²) < 4.78 is 4.37. The highest BCUT2D eigenvalue weighted by Crippen LogP contribution is 2.00. The predicted molar refractivity (Wildman–Crippen MR) is 40.6 cm³/mol. The zero-order valence-electron chi connectivity index (χ0n) is 6.57. The van der Waals surface area contributed by atoms with E-state index in [1.54, 1.807) is 0 Å². The first-order valence-electron chi connectivity index (χ1n) is 3.16. The molecular formula is C6H11BO4. The Balaban J connectivity index is 3.93. The van der Waals surface area contributed by atoms with Crippen molar-refractivity contribution in [2.24, 2.45) is 0 Å². The molecule has 11 heavy (non-hydrogen) atoms. The quantitative estimate of drug-likeness (QED) is 0.427. The van der Waals surface area contributed by atoms with Gasteiger partial charge in [-0.3, -0.25) is 4.79 Å². The lowest BCUT2D eigenvalue weighted by Crippen LogP contribution is -2.30. The van der Waals surface area contributed by atoms with Crippen molar-refractivity contribution < 1.29 is 19.5 Å². The van der Waals surface area contributed by atoms with Crippen LogP contribution in [0.2, 0.25) is 0 Å². The van der Waals surface area contributed by atoms with Crippen molar-refractivity contribution >= 4 is 13.1 Å². The van der Waals surface area contributed by atoms with E-state index < -0.39 is 13.4 Å². The van der Waals surface area contributed by atoms with Crippen LogP contribution in [0.4, 0.5) is 0 Å². The number of carbonyl (C=O) groups excluding carboxylic acids is 1. The van der Waals surface area contributed by atoms with E-state index in [2.05, 4.69) is 11.2 Å². The summed E-state index contributed by atoms with van der Waals surface area (Å²) in [4.78, 5) is 10.9. The topological polar surface area (TPSA) is 66.8 Å². The van der Waals surface area contributed by atoms with Crippen LogP contribution in [0.5, 0.6) is 0 Å². The fraction of sp³-hybridized carbons (Fsp3) is 0.500. The van der Waals surface area contributed by atoms with E-state index in [9.17, 15) is 4.79 Å². The van der Waals surface area contributed by atoms with Crippen LogP contribution in [-0.4, -0.2) is 29.3 Å². The number of hydrogen-bond acceptors (Lipinski definition) is 4. The minimum absolute atomic E-state index is 0.332. The molecule has 0 heterocycles. The number of ketones is 1. The Morgan fingerprint density at radius 2 is 2.09 bits per heavy atom. The van der Waals surface area contributed by atoms with Crippen LogP contribution in [0.25, 0.3) is 0 Å². The normalized spacial score (nSPS) is 12.4. The first-order valence-corrected chi connectivity index (χ1v) is 3.16. The Morgan fingerprint density at radius 1 is 1.64 bits per heavy atom. The maximum absolute atomic E-state index is 10.9. The third kappa shape index (κ3) is 3.92. The van der Waals surface area contributed by atoms with Gasteiger partial charge in [0.1, 0.15) is 6.10 Å². The van der Waals surface area contributed by atoms with Crippen molar-refractivity contribution in [1.29, 1.82) is 0 Å². The van der Waals surface area contributed by atoms with Crippen molar-refractivity contribution in [3.05, 3.63) is 12.2 Å². The molecule has 62 valence electrons. The predicted octanol–water partition coefficient (Wildman–Crippen LogP) is -0.494. The van der Waals surface area contributed by atoms with Crippen molar-refractivity contribution in [3.8, 4) is 0 Å². The first kappa shape index (κ1) is 10.4. The molecular weight excluding hydrogens is 147 g/mol. The van der Waals surface area contributed by atoms with Crippen LogP contribution >= 0.6 is 0 Å². The molecule has 0 aromatic rings. The van der Waals surface area contributed by atoms with Crippen LogP contribution in [0.15, 0.2) is 12.2 Å². The van der Waals surface area contributed by atoms with Crippen molar-refractivity contribution in [3.63, 3.8) is 0 Å². The number of rotatable bonds is 4. The largest absolute Gasteiger partial charge is 0.634 e.